The van der Waals surface area contributed by atoms with Crippen molar-refractivity contribution in [1.29, 1.82) is 0 Å². The Balaban J connectivity index is 0.00000162. The molecule has 4 nitrogen and oxygen atoms in total. The standard InChI is InChI=1S/C12H14BrNO3.ClH/c1-16-12(15)10-6-8(7-14-10)17-11-5-3-2-4-9(11)13;/h2-5,8,10,14H,6-7H2,1H3;1H/t8-,10+;/m1./s1. The van der Waals surface area contributed by atoms with Crippen molar-refractivity contribution in [1.82, 2.24) is 5.32 Å². The zero-order valence-corrected chi connectivity index (χ0v) is 12.3. The van der Waals surface area contributed by atoms with E-state index in [1.807, 2.05) is 24.3 Å². The van der Waals surface area contributed by atoms with E-state index in [4.69, 9.17) is 9.47 Å². The van der Waals surface area contributed by atoms with Crippen LogP contribution in [0.3, 0.4) is 0 Å². The van der Waals surface area contributed by atoms with Gasteiger partial charge in [-0.25, -0.2) is 0 Å². The summed E-state index contributed by atoms with van der Waals surface area (Å²) in [6.07, 6.45) is 0.631. The van der Waals surface area contributed by atoms with Crippen molar-refractivity contribution in [3.63, 3.8) is 0 Å². The van der Waals surface area contributed by atoms with Gasteiger partial charge in [-0.1, -0.05) is 12.1 Å². The van der Waals surface area contributed by atoms with Gasteiger partial charge in [-0.05, 0) is 28.1 Å². The number of halogens is 2. The van der Waals surface area contributed by atoms with Crippen LogP contribution in [0, 0.1) is 0 Å². The van der Waals surface area contributed by atoms with E-state index < -0.39 is 0 Å². The number of carbonyl (C=O) groups excluding carboxylic acids is 1. The van der Waals surface area contributed by atoms with Gasteiger partial charge < -0.3 is 14.8 Å². The van der Waals surface area contributed by atoms with E-state index >= 15 is 0 Å². The summed E-state index contributed by atoms with van der Waals surface area (Å²) in [4.78, 5) is 11.3. The van der Waals surface area contributed by atoms with Crippen LogP contribution < -0.4 is 10.1 Å². The van der Waals surface area contributed by atoms with Gasteiger partial charge in [0.2, 0.25) is 0 Å². The predicted molar refractivity (Wildman–Crippen MR) is 74.2 cm³/mol. The number of hydrogen-bond donors (Lipinski definition) is 1. The van der Waals surface area contributed by atoms with Crippen LogP contribution in [0.4, 0.5) is 0 Å². The van der Waals surface area contributed by atoms with Gasteiger partial charge in [0.05, 0.1) is 11.6 Å². The third-order valence-corrected chi connectivity index (χ3v) is 3.36. The number of methoxy groups -OCH3 is 1. The van der Waals surface area contributed by atoms with Crippen molar-refractivity contribution >= 4 is 34.3 Å². The predicted octanol–water partition coefficient (Wildman–Crippen LogP) is 2.15. The zero-order chi connectivity index (χ0) is 12.3. The van der Waals surface area contributed by atoms with Gasteiger partial charge in [0.15, 0.2) is 0 Å². The van der Waals surface area contributed by atoms with Crippen molar-refractivity contribution in [2.24, 2.45) is 0 Å². The van der Waals surface area contributed by atoms with Gasteiger partial charge in [-0.15, -0.1) is 12.4 Å². The highest BCUT2D eigenvalue weighted by atomic mass is 79.9. The second-order valence-electron chi connectivity index (χ2n) is 3.89. The summed E-state index contributed by atoms with van der Waals surface area (Å²) in [5.74, 6) is 0.563. The van der Waals surface area contributed by atoms with E-state index in [0.29, 0.717) is 13.0 Å². The minimum atomic E-state index is -0.257. The number of nitrogens with one attached hydrogen (secondary N) is 1. The quantitative estimate of drug-likeness (QED) is 0.859. The molecule has 1 N–H and O–H groups in total. The third kappa shape index (κ3) is 3.60. The summed E-state index contributed by atoms with van der Waals surface area (Å²) in [7, 11) is 1.39. The SMILES string of the molecule is COC(=O)[C@@H]1C[C@@H](Oc2ccccc2Br)CN1.Cl. The first-order chi connectivity index (χ1) is 8.20. The molecule has 1 aliphatic rings. The maximum atomic E-state index is 11.3. The topological polar surface area (TPSA) is 47.6 Å². The summed E-state index contributed by atoms with van der Waals surface area (Å²) >= 11 is 3.42. The van der Waals surface area contributed by atoms with E-state index in [0.717, 1.165) is 10.2 Å². The highest BCUT2D eigenvalue weighted by Crippen LogP contribution is 2.26. The van der Waals surface area contributed by atoms with E-state index in [-0.39, 0.29) is 30.5 Å². The number of hydrogen-bond acceptors (Lipinski definition) is 4. The molecule has 1 saturated heterocycles. The molecule has 1 aromatic rings. The molecule has 0 unspecified atom stereocenters. The second kappa shape index (κ2) is 6.97. The number of rotatable bonds is 3. The molecule has 0 radical (unpaired) electrons. The van der Waals surface area contributed by atoms with Gasteiger partial charge in [-0.3, -0.25) is 4.79 Å². The molecule has 1 heterocycles. The molecule has 0 bridgehead atoms. The van der Waals surface area contributed by atoms with Gasteiger partial charge >= 0.3 is 5.97 Å². The van der Waals surface area contributed by atoms with Crippen molar-refractivity contribution in [2.75, 3.05) is 13.7 Å². The fraction of sp³-hybridized carbons (Fsp3) is 0.417. The molecule has 0 spiro atoms. The average molecular weight is 337 g/mol. The zero-order valence-electron chi connectivity index (χ0n) is 9.89. The lowest BCUT2D eigenvalue weighted by Crippen LogP contribution is -2.31. The van der Waals surface area contributed by atoms with Crippen LogP contribution in [-0.2, 0) is 9.53 Å². The minimum absolute atomic E-state index is 0. The van der Waals surface area contributed by atoms with Crippen molar-refractivity contribution in [3.05, 3.63) is 28.7 Å². The Labute approximate surface area is 121 Å². The summed E-state index contributed by atoms with van der Waals surface area (Å²) in [5.41, 5.74) is 0. The Morgan fingerprint density at radius 1 is 1.44 bits per heavy atom. The Hall–Kier alpha value is -0.780. The van der Waals surface area contributed by atoms with Crippen LogP contribution in [-0.4, -0.2) is 31.8 Å². The lowest BCUT2D eigenvalue weighted by molar-refractivity contribution is -0.142. The van der Waals surface area contributed by atoms with Gasteiger partial charge in [-0.2, -0.15) is 0 Å². The number of para-hydroxylation sites is 1. The fourth-order valence-corrected chi connectivity index (χ4v) is 2.21. The first-order valence-corrected chi connectivity index (χ1v) is 6.22. The Bertz CT molecular complexity index is 416. The maximum Gasteiger partial charge on any atom is 0.323 e. The molecule has 1 aromatic carbocycles. The molecule has 6 heteroatoms. The van der Waals surface area contributed by atoms with Crippen LogP contribution in [0.25, 0.3) is 0 Å². The van der Waals surface area contributed by atoms with Crippen LogP contribution in [0.2, 0.25) is 0 Å². The van der Waals surface area contributed by atoms with Crippen LogP contribution in [0.1, 0.15) is 6.42 Å². The maximum absolute atomic E-state index is 11.3. The number of carbonyl (C=O) groups is 1. The molecular weight excluding hydrogens is 321 g/mol. The summed E-state index contributed by atoms with van der Waals surface area (Å²) < 4.78 is 11.4. The van der Waals surface area contributed by atoms with Gasteiger partial charge in [0.25, 0.3) is 0 Å². The Morgan fingerprint density at radius 2 is 2.17 bits per heavy atom. The lowest BCUT2D eigenvalue weighted by atomic mass is 10.2. The highest BCUT2D eigenvalue weighted by Gasteiger charge is 2.31. The van der Waals surface area contributed by atoms with Gasteiger partial charge in [0.1, 0.15) is 17.9 Å². The molecule has 0 amide bonds. The number of benzene rings is 1. The molecular formula is C12H15BrClNO3. The normalized spacial score (nSPS) is 22.1. The van der Waals surface area contributed by atoms with Gasteiger partial charge in [0, 0.05) is 13.0 Å². The minimum Gasteiger partial charge on any atom is -0.488 e. The summed E-state index contributed by atoms with van der Waals surface area (Å²) in [5, 5.41) is 3.08. The molecule has 0 aromatic heterocycles. The van der Waals surface area contributed by atoms with E-state index in [1.165, 1.54) is 7.11 Å². The van der Waals surface area contributed by atoms with Crippen molar-refractivity contribution < 1.29 is 14.3 Å². The molecule has 2 atom stereocenters. The molecule has 0 aliphatic carbocycles. The summed E-state index contributed by atoms with van der Waals surface area (Å²) in [6, 6.07) is 7.42. The summed E-state index contributed by atoms with van der Waals surface area (Å²) in [6.45, 7) is 0.654. The molecule has 0 saturated carbocycles. The van der Waals surface area contributed by atoms with Crippen molar-refractivity contribution in [3.8, 4) is 5.75 Å². The van der Waals surface area contributed by atoms with Crippen LogP contribution in [0.5, 0.6) is 5.75 Å². The first-order valence-electron chi connectivity index (χ1n) is 5.43. The molecule has 100 valence electrons. The number of esters is 1. The monoisotopic (exact) mass is 335 g/mol. The molecule has 1 fully saturated rings. The first kappa shape index (κ1) is 15.3. The average Bonchev–Trinajstić information content (AvgIpc) is 2.80. The van der Waals surface area contributed by atoms with Crippen LogP contribution in [0.15, 0.2) is 28.7 Å². The molecule has 2 rings (SSSR count). The lowest BCUT2D eigenvalue weighted by Gasteiger charge is -2.13. The van der Waals surface area contributed by atoms with Crippen LogP contribution >= 0.6 is 28.3 Å². The molecule has 1 aliphatic heterocycles. The van der Waals surface area contributed by atoms with Crippen molar-refractivity contribution in [2.45, 2.75) is 18.6 Å². The highest BCUT2D eigenvalue weighted by molar-refractivity contribution is 9.10. The fourth-order valence-electron chi connectivity index (χ4n) is 1.83. The van der Waals surface area contributed by atoms with E-state index in [1.54, 1.807) is 0 Å². The Kier molecular flexibility index (Phi) is 5.91. The smallest absolute Gasteiger partial charge is 0.323 e. The molecule has 18 heavy (non-hydrogen) atoms. The second-order valence-corrected chi connectivity index (χ2v) is 4.74. The Morgan fingerprint density at radius 3 is 2.83 bits per heavy atom. The largest absolute Gasteiger partial charge is 0.488 e. The third-order valence-electron chi connectivity index (χ3n) is 2.71. The van der Waals surface area contributed by atoms with E-state index in [9.17, 15) is 4.79 Å². The number of ether oxygens (including phenoxy) is 2. The van der Waals surface area contributed by atoms with E-state index in [2.05, 4.69) is 21.2 Å².